The zero-order valence-corrected chi connectivity index (χ0v) is 13.8. The number of nitrogens with two attached hydrogens (primary N) is 1. The molecule has 2 atom stereocenters. The first-order valence-corrected chi connectivity index (χ1v) is 9.32. The third-order valence-electron chi connectivity index (χ3n) is 4.04. The van der Waals surface area contributed by atoms with Gasteiger partial charge in [0.25, 0.3) is 0 Å². The second-order valence-electron chi connectivity index (χ2n) is 5.81. The molecule has 1 aliphatic carbocycles. The lowest BCUT2D eigenvalue weighted by atomic mass is 9.87. The van der Waals surface area contributed by atoms with E-state index in [-0.39, 0.29) is 11.8 Å². The smallest absolute Gasteiger partial charge is 0.216 e. The Morgan fingerprint density at radius 2 is 1.90 bits per heavy atom. The van der Waals surface area contributed by atoms with E-state index < -0.39 is 10.0 Å². The molecule has 2 unspecified atom stereocenters. The van der Waals surface area contributed by atoms with E-state index in [9.17, 15) is 8.42 Å². The molecule has 0 saturated heterocycles. The van der Waals surface area contributed by atoms with Crippen LogP contribution in [0.5, 0.6) is 0 Å². The number of thiocarbonyl (C=S) groups is 1. The Bertz CT molecular complexity index is 597. The van der Waals surface area contributed by atoms with Gasteiger partial charge in [-0.05, 0) is 24.3 Å². The van der Waals surface area contributed by atoms with Gasteiger partial charge < -0.3 is 5.73 Å². The van der Waals surface area contributed by atoms with Crippen LogP contribution in [-0.4, -0.2) is 19.4 Å². The minimum Gasteiger partial charge on any atom is -0.389 e. The van der Waals surface area contributed by atoms with Gasteiger partial charge in [-0.1, -0.05) is 56.2 Å². The standard InChI is InChI=1S/C15H22N2O2S2/c1-11-4-2-3-5-14(11)17-21(18,19)10-12-6-8-13(9-7-12)15(16)20/h6-9,11,14,17H,2-5,10H2,1H3,(H2,16,20). The molecular weight excluding hydrogens is 304 g/mol. The molecule has 1 aromatic carbocycles. The van der Waals surface area contributed by atoms with Crippen molar-refractivity contribution in [3.63, 3.8) is 0 Å². The molecule has 4 nitrogen and oxygen atoms in total. The van der Waals surface area contributed by atoms with Crippen LogP contribution >= 0.6 is 12.2 Å². The Morgan fingerprint density at radius 3 is 2.48 bits per heavy atom. The Labute approximate surface area is 132 Å². The summed E-state index contributed by atoms with van der Waals surface area (Å²) in [5.41, 5.74) is 7.02. The first-order valence-electron chi connectivity index (χ1n) is 7.26. The van der Waals surface area contributed by atoms with Gasteiger partial charge in [0.1, 0.15) is 4.99 Å². The van der Waals surface area contributed by atoms with Crippen molar-refractivity contribution in [3.8, 4) is 0 Å². The molecule has 21 heavy (non-hydrogen) atoms. The van der Waals surface area contributed by atoms with E-state index in [1.807, 2.05) is 0 Å². The number of hydrogen-bond donors (Lipinski definition) is 2. The molecule has 0 spiro atoms. The Hall–Kier alpha value is -0.980. The normalized spacial score (nSPS) is 22.9. The highest BCUT2D eigenvalue weighted by Gasteiger charge is 2.25. The quantitative estimate of drug-likeness (QED) is 0.815. The Kier molecular flexibility index (Phi) is 5.35. The van der Waals surface area contributed by atoms with Crippen molar-refractivity contribution in [2.24, 2.45) is 11.7 Å². The van der Waals surface area contributed by atoms with Crippen LogP contribution < -0.4 is 10.5 Å². The molecular formula is C15H22N2O2S2. The van der Waals surface area contributed by atoms with Crippen LogP contribution in [0.15, 0.2) is 24.3 Å². The Morgan fingerprint density at radius 1 is 1.29 bits per heavy atom. The average molecular weight is 326 g/mol. The topological polar surface area (TPSA) is 72.2 Å². The van der Waals surface area contributed by atoms with Crippen molar-refractivity contribution in [2.75, 3.05) is 0 Å². The van der Waals surface area contributed by atoms with E-state index in [1.165, 1.54) is 6.42 Å². The molecule has 0 bridgehead atoms. The molecule has 6 heteroatoms. The fraction of sp³-hybridized carbons (Fsp3) is 0.533. The lowest BCUT2D eigenvalue weighted by Gasteiger charge is -2.29. The van der Waals surface area contributed by atoms with Crippen molar-refractivity contribution in [2.45, 2.75) is 44.4 Å². The van der Waals surface area contributed by atoms with E-state index in [0.29, 0.717) is 10.9 Å². The predicted molar refractivity (Wildman–Crippen MR) is 89.5 cm³/mol. The van der Waals surface area contributed by atoms with Crippen LogP contribution in [-0.2, 0) is 15.8 Å². The highest BCUT2D eigenvalue weighted by Crippen LogP contribution is 2.24. The summed E-state index contributed by atoms with van der Waals surface area (Å²) >= 11 is 4.88. The van der Waals surface area contributed by atoms with Gasteiger partial charge in [0.05, 0.1) is 5.75 Å². The first kappa shape index (κ1) is 16.4. The van der Waals surface area contributed by atoms with Crippen LogP contribution in [0.1, 0.15) is 43.7 Å². The van der Waals surface area contributed by atoms with E-state index in [0.717, 1.165) is 30.4 Å². The second kappa shape index (κ2) is 6.85. The molecule has 0 aromatic heterocycles. The van der Waals surface area contributed by atoms with Gasteiger partial charge in [0, 0.05) is 11.6 Å². The maximum atomic E-state index is 12.3. The van der Waals surface area contributed by atoms with Gasteiger partial charge in [-0.25, -0.2) is 13.1 Å². The minimum absolute atomic E-state index is 0.00612. The lowest BCUT2D eigenvalue weighted by molar-refractivity contribution is 0.310. The van der Waals surface area contributed by atoms with Crippen LogP contribution in [0.3, 0.4) is 0 Å². The summed E-state index contributed by atoms with van der Waals surface area (Å²) in [6, 6.07) is 7.11. The number of sulfonamides is 1. The summed E-state index contributed by atoms with van der Waals surface area (Å²) in [4.78, 5) is 0.318. The van der Waals surface area contributed by atoms with Crippen molar-refractivity contribution in [1.82, 2.24) is 4.72 Å². The SMILES string of the molecule is CC1CCCCC1NS(=O)(=O)Cc1ccc(C(N)=S)cc1. The maximum absolute atomic E-state index is 12.3. The van der Waals surface area contributed by atoms with Gasteiger partial charge >= 0.3 is 0 Å². The number of nitrogens with one attached hydrogen (secondary N) is 1. The van der Waals surface area contributed by atoms with Crippen molar-refractivity contribution < 1.29 is 8.42 Å². The molecule has 2 rings (SSSR count). The van der Waals surface area contributed by atoms with Crippen molar-refractivity contribution in [1.29, 1.82) is 0 Å². The van der Waals surface area contributed by atoms with E-state index in [1.54, 1.807) is 24.3 Å². The third kappa shape index (κ3) is 4.76. The molecule has 116 valence electrons. The van der Waals surface area contributed by atoms with Gasteiger partial charge in [-0.2, -0.15) is 0 Å². The average Bonchev–Trinajstić information content (AvgIpc) is 2.41. The molecule has 0 amide bonds. The Balaban J connectivity index is 2.01. The summed E-state index contributed by atoms with van der Waals surface area (Å²) < 4.78 is 27.4. The van der Waals surface area contributed by atoms with E-state index in [2.05, 4.69) is 11.6 Å². The third-order valence-corrected chi connectivity index (χ3v) is 5.65. The second-order valence-corrected chi connectivity index (χ2v) is 8.00. The molecule has 1 aliphatic rings. The summed E-state index contributed by atoms with van der Waals surface area (Å²) in [5.74, 6) is 0.402. The lowest BCUT2D eigenvalue weighted by Crippen LogP contribution is -2.41. The largest absolute Gasteiger partial charge is 0.389 e. The van der Waals surface area contributed by atoms with Gasteiger partial charge in [0.15, 0.2) is 0 Å². The van der Waals surface area contributed by atoms with Gasteiger partial charge in [-0.3, -0.25) is 0 Å². The monoisotopic (exact) mass is 326 g/mol. The highest BCUT2D eigenvalue weighted by atomic mass is 32.2. The summed E-state index contributed by atoms with van der Waals surface area (Å²) in [5, 5.41) is 0. The maximum Gasteiger partial charge on any atom is 0.216 e. The minimum atomic E-state index is -3.31. The molecule has 1 aromatic rings. The van der Waals surface area contributed by atoms with Crippen molar-refractivity contribution >= 4 is 27.2 Å². The fourth-order valence-electron chi connectivity index (χ4n) is 2.75. The highest BCUT2D eigenvalue weighted by molar-refractivity contribution is 7.88. The molecule has 0 aliphatic heterocycles. The van der Waals surface area contributed by atoms with Crippen LogP contribution in [0, 0.1) is 5.92 Å². The number of benzene rings is 1. The predicted octanol–water partition coefficient (Wildman–Crippen LogP) is 2.32. The zero-order valence-electron chi connectivity index (χ0n) is 12.2. The number of hydrogen-bond acceptors (Lipinski definition) is 3. The van der Waals surface area contributed by atoms with E-state index >= 15 is 0 Å². The summed E-state index contributed by atoms with van der Waals surface area (Å²) in [6.45, 7) is 2.11. The van der Waals surface area contributed by atoms with Crippen LogP contribution in [0.4, 0.5) is 0 Å². The first-order chi connectivity index (χ1) is 9.87. The van der Waals surface area contributed by atoms with Gasteiger partial charge in [0.2, 0.25) is 10.0 Å². The molecule has 0 heterocycles. The molecule has 1 fully saturated rings. The van der Waals surface area contributed by atoms with Crippen LogP contribution in [0.25, 0.3) is 0 Å². The summed E-state index contributed by atoms with van der Waals surface area (Å²) in [7, 11) is -3.31. The van der Waals surface area contributed by atoms with Crippen LogP contribution in [0.2, 0.25) is 0 Å². The summed E-state index contributed by atoms with van der Waals surface area (Å²) in [6.07, 6.45) is 4.32. The molecule has 3 N–H and O–H groups in total. The zero-order chi connectivity index (χ0) is 15.5. The molecule has 1 saturated carbocycles. The number of rotatable bonds is 5. The van der Waals surface area contributed by atoms with Gasteiger partial charge in [-0.15, -0.1) is 0 Å². The fourth-order valence-corrected chi connectivity index (χ4v) is 4.41. The molecule has 0 radical (unpaired) electrons. The van der Waals surface area contributed by atoms with E-state index in [4.69, 9.17) is 18.0 Å². The van der Waals surface area contributed by atoms with Crippen molar-refractivity contribution in [3.05, 3.63) is 35.4 Å².